The van der Waals surface area contributed by atoms with E-state index < -0.39 is 18.2 Å². The number of rotatable bonds is 8. The molecule has 2 atom stereocenters. The topological polar surface area (TPSA) is 95.5 Å². The number of carboxylic acids is 1. The van der Waals surface area contributed by atoms with Gasteiger partial charge in [-0.05, 0) is 29.7 Å². The Morgan fingerprint density at radius 3 is 2.14 bits per heavy atom. The molecule has 1 aromatic heterocycles. The molecule has 3 aromatic carbocycles. The van der Waals surface area contributed by atoms with Crippen molar-refractivity contribution in [2.75, 3.05) is 31.5 Å². The smallest absolute Gasteiger partial charge is 0.430 e. The number of carboxylic acid groups (broad SMARTS) is 1. The molecule has 1 N–H and O–H groups in total. The van der Waals surface area contributed by atoms with Crippen LogP contribution in [0.15, 0.2) is 91.0 Å². The van der Waals surface area contributed by atoms with E-state index in [9.17, 15) is 22.8 Å². The summed E-state index contributed by atoms with van der Waals surface area (Å²) in [5.74, 6) is -2.73. The number of nitrogens with zero attached hydrogens (tertiary/aromatic N) is 1. The van der Waals surface area contributed by atoms with Gasteiger partial charge in [0.1, 0.15) is 19.1 Å². The number of ether oxygens (including phenoxy) is 1. The van der Waals surface area contributed by atoms with Gasteiger partial charge in [-0.1, -0.05) is 66.7 Å². The molecule has 7 rings (SSSR count). The molecule has 0 saturated carbocycles. The van der Waals surface area contributed by atoms with E-state index in [1.54, 1.807) is 11.3 Å². The van der Waals surface area contributed by atoms with E-state index in [2.05, 4.69) is 23.5 Å². The Morgan fingerprint density at radius 2 is 1.52 bits per heavy atom. The van der Waals surface area contributed by atoms with E-state index in [1.807, 2.05) is 72.8 Å². The van der Waals surface area contributed by atoms with Crippen LogP contribution >= 0.6 is 11.3 Å². The van der Waals surface area contributed by atoms with E-state index >= 15 is 0 Å². The highest BCUT2D eigenvalue weighted by Gasteiger charge is 2.49. The van der Waals surface area contributed by atoms with Gasteiger partial charge in [0.05, 0.1) is 13.1 Å². The number of hydrogen-bond donors (Lipinski definition) is 1. The number of hydrogen-bond acceptors (Lipinski definition) is 7. The number of esters is 1. The first-order valence-corrected chi connectivity index (χ1v) is 15.1. The van der Waals surface area contributed by atoms with Crippen molar-refractivity contribution in [2.45, 2.75) is 31.2 Å². The number of Topliss-reactive ketones (excluding diaryl/α,β-unsaturated/α-hetero) is 1. The number of piperidine rings is 3. The number of carbonyl (C=O) groups excluding carboxylic acids is 3. The number of nitrogens with one attached hydrogen (secondary N) is 1. The number of anilines is 1. The van der Waals surface area contributed by atoms with Gasteiger partial charge in [0.2, 0.25) is 5.78 Å². The minimum absolute atomic E-state index is 0.167. The van der Waals surface area contributed by atoms with Gasteiger partial charge >= 0.3 is 12.1 Å². The Labute approximate surface area is 256 Å². The van der Waals surface area contributed by atoms with Crippen molar-refractivity contribution in [3.8, 4) is 0 Å². The maximum atomic E-state index is 13.8. The molecule has 0 aliphatic carbocycles. The first-order chi connectivity index (χ1) is 21.0. The maximum Gasteiger partial charge on any atom is 0.430 e. The third kappa shape index (κ3) is 7.46. The molecule has 4 aromatic rings. The van der Waals surface area contributed by atoms with Gasteiger partial charge < -0.3 is 24.4 Å². The second kappa shape index (κ2) is 13.2. The van der Waals surface area contributed by atoms with Crippen molar-refractivity contribution >= 4 is 44.8 Å². The molecule has 44 heavy (non-hydrogen) atoms. The highest BCUT2D eigenvalue weighted by Crippen LogP contribution is 2.38. The zero-order valence-electron chi connectivity index (χ0n) is 23.7. The van der Waals surface area contributed by atoms with Crippen LogP contribution in [0.4, 0.5) is 18.9 Å². The first-order valence-electron chi connectivity index (χ1n) is 14.3. The molecular weight excluding hydrogens is 593 g/mol. The van der Waals surface area contributed by atoms with Crippen LogP contribution in [0.2, 0.25) is 0 Å². The second-order valence-corrected chi connectivity index (χ2v) is 12.3. The molecule has 11 heteroatoms. The van der Waals surface area contributed by atoms with Crippen LogP contribution in [-0.2, 0) is 14.3 Å². The summed E-state index contributed by atoms with van der Waals surface area (Å²) in [7, 11) is 0. The Kier molecular flexibility index (Phi) is 9.36. The molecule has 2 bridgehead atoms. The molecule has 7 nitrogen and oxygen atoms in total. The Hall–Kier alpha value is -4.22. The standard InChI is InChI=1S/C31H31N2O3S.C2HF3O2/c34-26(22-9-3-1-4-10-22)20-33-17-15-23(16-18-33)27(21-33)36-31(35)30(32-25-12-5-2-6-13-25)29-19-24-11-7-8-14-28(24)37-29;3-2(4,5)1(6)7/h1-14,19,23,27,30,32H,15-18,20-21H2;(H,6,7)/q+1;/p-1/t23?,27-,30?,33?;/m0./s1. The average molecular weight is 625 g/mol. The second-order valence-electron chi connectivity index (χ2n) is 11.1. The maximum absolute atomic E-state index is 13.8. The van der Waals surface area contributed by atoms with E-state index in [-0.39, 0.29) is 17.9 Å². The summed E-state index contributed by atoms with van der Waals surface area (Å²) >= 11 is 1.62. The van der Waals surface area contributed by atoms with E-state index in [0.717, 1.165) is 52.1 Å². The van der Waals surface area contributed by atoms with Crippen LogP contribution in [0.25, 0.3) is 10.1 Å². The van der Waals surface area contributed by atoms with Crippen LogP contribution < -0.4 is 10.4 Å². The van der Waals surface area contributed by atoms with Gasteiger partial charge in [-0.2, -0.15) is 13.2 Å². The van der Waals surface area contributed by atoms with Crippen molar-refractivity contribution < 1.29 is 41.9 Å². The van der Waals surface area contributed by atoms with Gasteiger partial charge in [0, 0.05) is 39.6 Å². The average Bonchev–Trinajstić information content (AvgIpc) is 3.45. The lowest BCUT2D eigenvalue weighted by Gasteiger charge is -2.51. The highest BCUT2D eigenvalue weighted by atomic mass is 32.1. The summed E-state index contributed by atoms with van der Waals surface area (Å²) in [5.41, 5.74) is 1.64. The quantitative estimate of drug-likeness (QED) is 0.161. The molecular formula is C33H31F3N2O5S. The molecule has 0 amide bonds. The van der Waals surface area contributed by atoms with E-state index in [4.69, 9.17) is 14.6 Å². The molecule has 3 fully saturated rings. The number of benzene rings is 3. The summed E-state index contributed by atoms with van der Waals surface area (Å²) in [5, 5.41) is 13.3. The van der Waals surface area contributed by atoms with Gasteiger partial charge in [0.15, 0.2) is 12.1 Å². The predicted octanol–water partition coefficient (Wildman–Crippen LogP) is 5.39. The van der Waals surface area contributed by atoms with Crippen LogP contribution in [-0.4, -0.2) is 60.7 Å². The number of para-hydroxylation sites is 1. The summed E-state index contributed by atoms with van der Waals surface area (Å²) in [6, 6.07) is 29.0. The molecule has 3 aliphatic heterocycles. The number of carbonyl (C=O) groups is 3. The number of thiophene rings is 1. The number of ketones is 1. The van der Waals surface area contributed by atoms with Crippen LogP contribution in [0.1, 0.15) is 34.1 Å². The number of quaternary nitrogens is 1. The minimum Gasteiger partial charge on any atom is -0.542 e. The van der Waals surface area contributed by atoms with Gasteiger partial charge in [-0.3, -0.25) is 4.79 Å². The summed E-state index contributed by atoms with van der Waals surface area (Å²) in [6.07, 6.45) is -3.40. The summed E-state index contributed by atoms with van der Waals surface area (Å²) < 4.78 is 39.7. The normalized spacial score (nSPS) is 21.5. The van der Waals surface area contributed by atoms with Crippen molar-refractivity contribution in [3.63, 3.8) is 0 Å². The van der Waals surface area contributed by atoms with E-state index in [0.29, 0.717) is 23.5 Å². The molecule has 4 heterocycles. The number of fused-ring (bicyclic) bond motifs is 4. The number of halogens is 3. The minimum atomic E-state index is -5.19. The highest BCUT2D eigenvalue weighted by molar-refractivity contribution is 7.19. The molecule has 0 spiro atoms. The van der Waals surface area contributed by atoms with Crippen molar-refractivity contribution in [1.29, 1.82) is 0 Å². The van der Waals surface area contributed by atoms with Crippen LogP contribution in [0.5, 0.6) is 0 Å². The summed E-state index contributed by atoms with van der Waals surface area (Å²) in [6.45, 7) is 3.12. The Balaban J connectivity index is 0.000000493. The molecule has 230 valence electrons. The Morgan fingerprint density at radius 1 is 0.932 bits per heavy atom. The third-order valence-electron chi connectivity index (χ3n) is 8.16. The number of alkyl halides is 3. The monoisotopic (exact) mass is 624 g/mol. The summed E-state index contributed by atoms with van der Waals surface area (Å²) in [4.78, 5) is 36.6. The first kappa shape index (κ1) is 31.2. The van der Waals surface area contributed by atoms with E-state index in [1.165, 1.54) is 0 Å². The lowest BCUT2D eigenvalue weighted by molar-refractivity contribution is -0.938. The van der Waals surface area contributed by atoms with Crippen LogP contribution in [0.3, 0.4) is 0 Å². The van der Waals surface area contributed by atoms with Crippen molar-refractivity contribution in [2.24, 2.45) is 5.92 Å². The lowest BCUT2D eigenvalue weighted by Crippen LogP contribution is -2.65. The molecule has 3 saturated heterocycles. The molecule has 3 aliphatic rings. The lowest BCUT2D eigenvalue weighted by atomic mass is 9.82. The van der Waals surface area contributed by atoms with Crippen molar-refractivity contribution in [1.82, 2.24) is 0 Å². The van der Waals surface area contributed by atoms with Gasteiger partial charge in [-0.15, -0.1) is 11.3 Å². The predicted molar refractivity (Wildman–Crippen MR) is 159 cm³/mol. The van der Waals surface area contributed by atoms with Crippen LogP contribution in [0, 0.1) is 5.92 Å². The van der Waals surface area contributed by atoms with Gasteiger partial charge in [0.25, 0.3) is 0 Å². The number of aliphatic carboxylic acids is 1. The third-order valence-corrected chi connectivity index (χ3v) is 9.35. The fourth-order valence-electron chi connectivity index (χ4n) is 5.91. The zero-order valence-corrected chi connectivity index (χ0v) is 24.5. The van der Waals surface area contributed by atoms with Gasteiger partial charge in [-0.25, -0.2) is 4.79 Å². The van der Waals surface area contributed by atoms with Crippen molar-refractivity contribution in [3.05, 3.63) is 101 Å². The fraction of sp³-hybridized carbons (Fsp3) is 0.303. The zero-order chi connectivity index (χ0) is 31.3. The SMILES string of the molecule is O=C(C[N+]12CCC(CC1)[C@@H](OC(=O)C(Nc1ccccc1)c1cc3ccccc3s1)C2)c1ccccc1.O=C([O-])C(F)(F)F. The molecule has 1 unspecified atom stereocenters. The fourth-order valence-corrected chi connectivity index (χ4v) is 7.01. The largest absolute Gasteiger partial charge is 0.542 e. The molecule has 0 radical (unpaired) electrons. The Bertz CT molecular complexity index is 1570.